The van der Waals surface area contributed by atoms with Gasteiger partial charge in [-0.15, -0.1) is 11.3 Å². The summed E-state index contributed by atoms with van der Waals surface area (Å²) in [5.74, 6) is -0.189. The Labute approximate surface area is 140 Å². The first-order chi connectivity index (χ1) is 10.6. The van der Waals surface area contributed by atoms with Crippen LogP contribution >= 0.6 is 27.3 Å². The largest absolute Gasteiger partial charge is 0.387 e. The summed E-state index contributed by atoms with van der Waals surface area (Å²) in [6.07, 6.45) is -0.712. The van der Waals surface area contributed by atoms with Crippen LogP contribution in [-0.4, -0.2) is 17.6 Å². The maximum Gasteiger partial charge on any atom is 0.251 e. The highest BCUT2D eigenvalue weighted by molar-refractivity contribution is 9.10. The Balaban J connectivity index is 1.68. The molecule has 5 heteroatoms. The fourth-order valence-corrected chi connectivity index (χ4v) is 3.53. The quantitative estimate of drug-likeness (QED) is 0.720. The number of hydrogen-bond donors (Lipinski definition) is 2. The molecule has 1 amide bonds. The van der Waals surface area contributed by atoms with E-state index in [0.717, 1.165) is 20.1 Å². The van der Waals surface area contributed by atoms with Crippen LogP contribution in [0.4, 0.5) is 0 Å². The number of halogens is 1. The lowest BCUT2D eigenvalue weighted by molar-refractivity contribution is 0.0917. The molecule has 2 N–H and O–H groups in total. The zero-order chi connectivity index (χ0) is 15.5. The van der Waals surface area contributed by atoms with Gasteiger partial charge in [-0.3, -0.25) is 4.79 Å². The molecule has 22 heavy (non-hydrogen) atoms. The highest BCUT2D eigenvalue weighted by Gasteiger charge is 2.14. The zero-order valence-electron chi connectivity index (χ0n) is 11.6. The predicted molar refractivity (Wildman–Crippen MR) is 93.3 cm³/mol. The first-order valence-corrected chi connectivity index (χ1v) is 8.50. The average Bonchev–Trinajstić information content (AvgIpc) is 2.97. The smallest absolute Gasteiger partial charge is 0.251 e. The lowest BCUT2D eigenvalue weighted by Gasteiger charge is -2.11. The number of amides is 1. The van der Waals surface area contributed by atoms with Gasteiger partial charge in [-0.2, -0.15) is 0 Å². The van der Waals surface area contributed by atoms with E-state index in [4.69, 9.17) is 0 Å². The van der Waals surface area contributed by atoms with Gasteiger partial charge >= 0.3 is 0 Å². The molecule has 3 aromatic rings. The van der Waals surface area contributed by atoms with Crippen LogP contribution in [-0.2, 0) is 0 Å². The van der Waals surface area contributed by atoms with Crippen LogP contribution in [0.1, 0.15) is 22.0 Å². The van der Waals surface area contributed by atoms with Crippen LogP contribution in [0.25, 0.3) is 10.1 Å². The molecule has 0 saturated carbocycles. The van der Waals surface area contributed by atoms with Gasteiger partial charge in [0.05, 0.1) is 6.10 Å². The maximum absolute atomic E-state index is 12.1. The lowest BCUT2D eigenvalue weighted by Crippen LogP contribution is -2.28. The highest BCUT2D eigenvalue weighted by atomic mass is 79.9. The Kier molecular flexibility index (Phi) is 4.57. The molecule has 0 aliphatic heterocycles. The summed E-state index contributed by atoms with van der Waals surface area (Å²) in [5, 5.41) is 16.1. The molecule has 3 rings (SSSR count). The van der Waals surface area contributed by atoms with Crippen molar-refractivity contribution in [2.24, 2.45) is 0 Å². The summed E-state index contributed by atoms with van der Waals surface area (Å²) in [6, 6.07) is 15.1. The Hall–Kier alpha value is -1.69. The molecule has 3 nitrogen and oxygen atoms in total. The van der Waals surface area contributed by atoms with E-state index in [1.165, 1.54) is 0 Å². The third-order valence-electron chi connectivity index (χ3n) is 3.43. The van der Waals surface area contributed by atoms with Gasteiger partial charge in [-0.25, -0.2) is 0 Å². The molecule has 0 aliphatic carbocycles. The van der Waals surface area contributed by atoms with E-state index in [9.17, 15) is 9.90 Å². The number of fused-ring (bicyclic) bond motifs is 1. The molecule has 0 radical (unpaired) electrons. The summed E-state index contributed by atoms with van der Waals surface area (Å²) in [4.78, 5) is 12.1. The fraction of sp³-hybridized carbons (Fsp3) is 0.118. The van der Waals surface area contributed by atoms with Gasteiger partial charge in [0.2, 0.25) is 0 Å². The average molecular weight is 376 g/mol. The first kappa shape index (κ1) is 15.2. The van der Waals surface area contributed by atoms with Crippen LogP contribution in [0.5, 0.6) is 0 Å². The van der Waals surface area contributed by atoms with Crippen LogP contribution in [0.2, 0.25) is 0 Å². The molecule has 1 unspecified atom stereocenters. The summed E-state index contributed by atoms with van der Waals surface area (Å²) >= 11 is 4.93. The van der Waals surface area contributed by atoms with Gasteiger partial charge < -0.3 is 10.4 Å². The summed E-state index contributed by atoms with van der Waals surface area (Å²) in [5.41, 5.74) is 1.43. The van der Waals surface area contributed by atoms with Crippen LogP contribution in [0.15, 0.2) is 58.4 Å². The van der Waals surface area contributed by atoms with E-state index in [1.54, 1.807) is 23.5 Å². The molecule has 112 valence electrons. The number of rotatable bonds is 4. The summed E-state index contributed by atoms with van der Waals surface area (Å²) in [7, 11) is 0. The maximum atomic E-state index is 12.1. The molecule has 1 heterocycles. The molecular formula is C17H14BrNO2S. The number of carbonyl (C=O) groups excluding carboxylic acids is 1. The van der Waals surface area contributed by atoms with Crippen molar-refractivity contribution in [3.05, 3.63) is 69.5 Å². The van der Waals surface area contributed by atoms with Crippen LogP contribution in [0, 0.1) is 0 Å². The van der Waals surface area contributed by atoms with Crippen molar-refractivity contribution in [1.82, 2.24) is 5.32 Å². The number of thiophene rings is 1. The van der Waals surface area contributed by atoms with Gasteiger partial charge in [0.1, 0.15) is 0 Å². The molecule has 2 aromatic carbocycles. The molecule has 0 fully saturated rings. The molecular weight excluding hydrogens is 362 g/mol. The van der Waals surface area contributed by atoms with E-state index < -0.39 is 6.10 Å². The monoisotopic (exact) mass is 375 g/mol. The molecule has 1 atom stereocenters. The van der Waals surface area contributed by atoms with Gasteiger partial charge in [0, 0.05) is 26.8 Å². The summed E-state index contributed by atoms with van der Waals surface area (Å²) in [6.45, 7) is 0.190. The highest BCUT2D eigenvalue weighted by Crippen LogP contribution is 2.29. The van der Waals surface area contributed by atoms with Gasteiger partial charge in [-0.05, 0) is 41.1 Å². The molecule has 0 saturated heterocycles. The normalized spacial score (nSPS) is 12.3. The Morgan fingerprint density at radius 1 is 1.18 bits per heavy atom. The third kappa shape index (κ3) is 3.21. The number of aliphatic hydroxyl groups excluding tert-OH is 1. The van der Waals surface area contributed by atoms with E-state index in [1.807, 2.05) is 41.8 Å². The Bertz CT molecular complexity index is 798. The number of carbonyl (C=O) groups is 1. The molecule has 0 spiro atoms. The molecule has 1 aromatic heterocycles. The van der Waals surface area contributed by atoms with Crippen LogP contribution in [0.3, 0.4) is 0 Å². The number of nitrogens with one attached hydrogen (secondary N) is 1. The topological polar surface area (TPSA) is 49.3 Å². The predicted octanol–water partition coefficient (Wildman–Crippen LogP) is 4.13. The van der Waals surface area contributed by atoms with Gasteiger partial charge in [0.15, 0.2) is 0 Å². The number of hydrogen-bond acceptors (Lipinski definition) is 3. The molecule has 0 bridgehead atoms. The van der Waals surface area contributed by atoms with E-state index in [-0.39, 0.29) is 12.5 Å². The minimum atomic E-state index is -0.712. The fourth-order valence-electron chi connectivity index (χ4n) is 2.26. The van der Waals surface area contributed by atoms with Gasteiger partial charge in [-0.1, -0.05) is 34.1 Å². The number of aliphatic hydroxyl groups is 1. The minimum absolute atomic E-state index is 0.189. The molecule has 0 aliphatic rings. The zero-order valence-corrected chi connectivity index (χ0v) is 14.0. The standard InChI is InChI=1S/C17H14BrNO2S/c18-12-7-5-11(6-8-12)17(21)19-9-15(20)14-10-22-16-4-2-1-3-13(14)16/h1-8,10,15,20H,9H2,(H,19,21). The second kappa shape index (κ2) is 6.60. The van der Waals surface area contributed by atoms with Crippen molar-refractivity contribution < 1.29 is 9.90 Å². The third-order valence-corrected chi connectivity index (χ3v) is 4.94. The van der Waals surface area contributed by atoms with Crippen molar-refractivity contribution in [1.29, 1.82) is 0 Å². The van der Waals surface area contributed by atoms with Crippen molar-refractivity contribution in [3.8, 4) is 0 Å². The Morgan fingerprint density at radius 3 is 2.68 bits per heavy atom. The van der Waals surface area contributed by atoms with Crippen molar-refractivity contribution >= 4 is 43.3 Å². The van der Waals surface area contributed by atoms with Crippen molar-refractivity contribution in [3.63, 3.8) is 0 Å². The SMILES string of the molecule is O=C(NCC(O)c1csc2ccccc12)c1ccc(Br)cc1. The van der Waals surface area contributed by atoms with E-state index in [0.29, 0.717) is 5.56 Å². The van der Waals surface area contributed by atoms with Gasteiger partial charge in [0.25, 0.3) is 5.91 Å². The van der Waals surface area contributed by atoms with Crippen LogP contribution < -0.4 is 5.32 Å². The van der Waals surface area contributed by atoms with E-state index in [2.05, 4.69) is 21.2 Å². The lowest BCUT2D eigenvalue weighted by atomic mass is 10.1. The Morgan fingerprint density at radius 2 is 1.91 bits per heavy atom. The number of benzene rings is 2. The van der Waals surface area contributed by atoms with E-state index >= 15 is 0 Å². The van der Waals surface area contributed by atoms with Crippen molar-refractivity contribution in [2.45, 2.75) is 6.10 Å². The summed E-state index contributed by atoms with van der Waals surface area (Å²) < 4.78 is 2.06. The van der Waals surface area contributed by atoms with Crippen molar-refractivity contribution in [2.75, 3.05) is 6.54 Å². The second-order valence-corrected chi connectivity index (χ2v) is 6.75. The minimum Gasteiger partial charge on any atom is -0.387 e. The second-order valence-electron chi connectivity index (χ2n) is 4.92. The first-order valence-electron chi connectivity index (χ1n) is 6.83.